The molecule has 0 fully saturated rings. The molecule has 0 amide bonds. The molecule has 0 spiro atoms. The lowest BCUT2D eigenvalue weighted by Gasteiger charge is -2.28. The fourth-order valence-corrected chi connectivity index (χ4v) is 3.84. The molecule has 8 heteroatoms. The van der Waals surface area contributed by atoms with Crippen molar-refractivity contribution in [2.24, 2.45) is 0 Å². The van der Waals surface area contributed by atoms with Crippen molar-refractivity contribution in [3.05, 3.63) is 0 Å². The van der Waals surface area contributed by atoms with Crippen LogP contribution in [0.5, 0.6) is 0 Å². The van der Waals surface area contributed by atoms with Gasteiger partial charge in [0, 0.05) is 13.2 Å². The van der Waals surface area contributed by atoms with Crippen LogP contribution in [0.4, 0.5) is 0 Å². The van der Waals surface area contributed by atoms with Crippen LogP contribution in [0.2, 0.25) is 0 Å². The van der Waals surface area contributed by atoms with Crippen LogP contribution in [0.3, 0.4) is 0 Å². The maximum atomic E-state index is 12.1. The number of phosphoric ester groups is 1. The highest BCUT2D eigenvalue weighted by Gasteiger charge is 2.17. The van der Waals surface area contributed by atoms with Gasteiger partial charge in [-0.1, -0.05) is 78.1 Å². The first-order chi connectivity index (χ1) is 15.2. The summed E-state index contributed by atoms with van der Waals surface area (Å²) < 4.78 is 34.5. The molecule has 0 radical (unpaired) electrons. The Morgan fingerprint density at radius 3 is 1.81 bits per heavy atom. The van der Waals surface area contributed by atoms with E-state index in [1.54, 1.807) is 0 Å². The third-order valence-electron chi connectivity index (χ3n) is 5.23. The van der Waals surface area contributed by atoms with Gasteiger partial charge in [0.15, 0.2) is 0 Å². The Morgan fingerprint density at radius 1 is 0.719 bits per heavy atom. The molecular weight excluding hydrogens is 429 g/mol. The van der Waals surface area contributed by atoms with Crippen LogP contribution in [0.25, 0.3) is 0 Å². The molecule has 0 heterocycles. The molecule has 32 heavy (non-hydrogen) atoms. The summed E-state index contributed by atoms with van der Waals surface area (Å²) in [6, 6.07) is 0. The van der Waals surface area contributed by atoms with E-state index in [0.717, 1.165) is 25.7 Å². The van der Waals surface area contributed by atoms with Crippen molar-refractivity contribution >= 4 is 7.82 Å². The lowest BCUT2D eigenvalue weighted by molar-refractivity contribution is -0.870. The molecular formula is C24H52NO6P. The maximum absolute atomic E-state index is 12.1. The lowest BCUT2D eigenvalue weighted by Crippen LogP contribution is -2.37. The van der Waals surface area contributed by atoms with Crippen LogP contribution in [-0.2, 0) is 23.1 Å². The third-order valence-corrected chi connectivity index (χ3v) is 6.19. The molecule has 0 aliphatic rings. The second-order valence-electron chi connectivity index (χ2n) is 9.69. The third kappa shape index (κ3) is 23.2. The maximum Gasteiger partial charge on any atom is 0.268 e. The average Bonchev–Trinajstić information content (AvgIpc) is 2.71. The van der Waals surface area contributed by atoms with E-state index in [0.29, 0.717) is 30.8 Å². The summed E-state index contributed by atoms with van der Waals surface area (Å²) in [4.78, 5) is 12.1. The highest BCUT2D eigenvalue weighted by Crippen LogP contribution is 2.38. The van der Waals surface area contributed by atoms with Crippen LogP contribution < -0.4 is 4.89 Å². The molecule has 1 unspecified atom stereocenters. The first-order valence-corrected chi connectivity index (χ1v) is 14.3. The number of rotatable bonds is 24. The standard InChI is InChI=1S/C24H52NO6P/c1-6-8-10-12-14-16-19-28-22-24(29-20-17-15-13-11-9-7-2)23-31-32(26,27)30-21-18-25(3,4)5/h24H,6-23H2,1-5H3/t24-/m1/s1. The number of phosphoric acid groups is 1. The highest BCUT2D eigenvalue weighted by atomic mass is 31.2. The second kappa shape index (κ2) is 20.4. The van der Waals surface area contributed by atoms with Gasteiger partial charge in [-0.2, -0.15) is 0 Å². The van der Waals surface area contributed by atoms with Crippen molar-refractivity contribution in [1.82, 2.24) is 0 Å². The van der Waals surface area contributed by atoms with E-state index in [-0.39, 0.29) is 13.2 Å². The lowest BCUT2D eigenvalue weighted by atomic mass is 10.1. The highest BCUT2D eigenvalue weighted by molar-refractivity contribution is 7.45. The molecule has 194 valence electrons. The van der Waals surface area contributed by atoms with E-state index in [1.165, 1.54) is 51.4 Å². The predicted molar refractivity (Wildman–Crippen MR) is 130 cm³/mol. The Labute approximate surface area is 198 Å². The van der Waals surface area contributed by atoms with Crippen LogP contribution >= 0.6 is 7.82 Å². The zero-order valence-corrected chi connectivity index (χ0v) is 22.5. The van der Waals surface area contributed by atoms with E-state index >= 15 is 0 Å². The minimum atomic E-state index is -4.35. The Hall–Kier alpha value is -0.0100. The van der Waals surface area contributed by atoms with Gasteiger partial charge in [-0.3, -0.25) is 4.57 Å². The van der Waals surface area contributed by atoms with E-state index in [2.05, 4.69) is 13.8 Å². The molecule has 0 saturated heterocycles. The van der Waals surface area contributed by atoms with E-state index in [4.69, 9.17) is 18.5 Å². The van der Waals surface area contributed by atoms with Crippen molar-refractivity contribution in [1.29, 1.82) is 0 Å². The van der Waals surface area contributed by atoms with Gasteiger partial charge in [0.1, 0.15) is 19.3 Å². The zero-order valence-electron chi connectivity index (χ0n) is 21.6. The predicted octanol–water partition coefficient (Wildman–Crippen LogP) is 5.32. The largest absolute Gasteiger partial charge is 0.756 e. The van der Waals surface area contributed by atoms with Gasteiger partial charge in [-0.25, -0.2) is 0 Å². The molecule has 0 rings (SSSR count). The molecule has 0 aliphatic carbocycles. The number of ether oxygens (including phenoxy) is 2. The quantitative estimate of drug-likeness (QED) is 0.106. The van der Waals surface area contributed by atoms with Gasteiger partial charge in [0.25, 0.3) is 7.82 Å². The summed E-state index contributed by atoms with van der Waals surface area (Å²) in [6.07, 6.45) is 13.9. The van der Waals surface area contributed by atoms with Crippen molar-refractivity contribution in [2.75, 3.05) is 60.7 Å². The number of hydrogen-bond acceptors (Lipinski definition) is 6. The number of likely N-dealkylation sites (N-methyl/N-ethyl adjacent to an activating group) is 1. The van der Waals surface area contributed by atoms with Gasteiger partial charge in [0.2, 0.25) is 0 Å². The summed E-state index contributed by atoms with van der Waals surface area (Å²) in [7, 11) is 1.59. The second-order valence-corrected chi connectivity index (χ2v) is 11.1. The van der Waals surface area contributed by atoms with Crippen LogP contribution in [-0.4, -0.2) is 71.3 Å². The van der Waals surface area contributed by atoms with Gasteiger partial charge >= 0.3 is 0 Å². The summed E-state index contributed by atoms with van der Waals surface area (Å²) in [5.41, 5.74) is 0. The normalized spacial score (nSPS) is 15.1. The van der Waals surface area contributed by atoms with Gasteiger partial charge in [0.05, 0.1) is 34.4 Å². The molecule has 2 atom stereocenters. The monoisotopic (exact) mass is 481 g/mol. The Morgan fingerprint density at radius 2 is 1.25 bits per heavy atom. The molecule has 7 nitrogen and oxygen atoms in total. The van der Waals surface area contributed by atoms with Crippen molar-refractivity contribution in [3.63, 3.8) is 0 Å². The Bertz CT molecular complexity index is 458. The first kappa shape index (κ1) is 32.0. The topological polar surface area (TPSA) is 77.1 Å². The minimum absolute atomic E-state index is 0.0719. The molecule has 0 N–H and O–H groups in total. The Kier molecular flexibility index (Phi) is 20.4. The minimum Gasteiger partial charge on any atom is -0.756 e. The van der Waals surface area contributed by atoms with Crippen molar-refractivity contribution in [2.45, 2.75) is 97.0 Å². The van der Waals surface area contributed by atoms with E-state index in [9.17, 15) is 9.46 Å². The van der Waals surface area contributed by atoms with Crippen LogP contribution in [0.1, 0.15) is 90.9 Å². The molecule has 0 aromatic heterocycles. The summed E-state index contributed by atoms with van der Waals surface area (Å²) in [5.74, 6) is 0. The van der Waals surface area contributed by atoms with E-state index < -0.39 is 13.9 Å². The van der Waals surface area contributed by atoms with Crippen molar-refractivity contribution in [3.8, 4) is 0 Å². The van der Waals surface area contributed by atoms with Gasteiger partial charge < -0.3 is 27.9 Å². The fourth-order valence-electron chi connectivity index (χ4n) is 3.11. The fraction of sp³-hybridized carbons (Fsp3) is 1.00. The van der Waals surface area contributed by atoms with Gasteiger partial charge in [-0.15, -0.1) is 0 Å². The number of unbranched alkanes of at least 4 members (excludes halogenated alkanes) is 10. The summed E-state index contributed by atoms with van der Waals surface area (Å²) >= 11 is 0. The summed E-state index contributed by atoms with van der Waals surface area (Å²) in [5, 5.41) is 0. The number of quaternary nitrogens is 1. The van der Waals surface area contributed by atoms with Gasteiger partial charge in [-0.05, 0) is 12.8 Å². The first-order valence-electron chi connectivity index (χ1n) is 12.8. The summed E-state index contributed by atoms with van der Waals surface area (Å²) in [6.45, 7) is 6.62. The smallest absolute Gasteiger partial charge is 0.268 e. The van der Waals surface area contributed by atoms with Crippen molar-refractivity contribution < 1.29 is 32.5 Å². The molecule has 0 aliphatic heterocycles. The van der Waals surface area contributed by atoms with E-state index in [1.807, 2.05) is 21.1 Å². The Balaban J connectivity index is 4.25. The molecule has 0 aromatic carbocycles. The number of nitrogens with zero attached hydrogens (tertiary/aromatic N) is 1. The molecule has 0 bridgehead atoms. The number of hydrogen-bond donors (Lipinski definition) is 0. The van der Waals surface area contributed by atoms with Crippen LogP contribution in [0.15, 0.2) is 0 Å². The average molecular weight is 482 g/mol. The SMILES string of the molecule is CCCCCCCCOC[C@H](COP(=O)([O-])OCC[N+](C)(C)C)OCCCCCCCC. The zero-order chi connectivity index (χ0) is 24.1. The molecule has 0 aromatic rings. The molecule has 0 saturated carbocycles. The van der Waals surface area contributed by atoms with Crippen LogP contribution in [0, 0.1) is 0 Å².